The molecule has 0 bridgehead atoms. The van der Waals surface area contributed by atoms with Crippen LogP contribution in [-0.4, -0.2) is 27.5 Å². The zero-order chi connectivity index (χ0) is 17.6. The van der Waals surface area contributed by atoms with Gasteiger partial charge < -0.3 is 4.90 Å². The lowest BCUT2D eigenvalue weighted by Gasteiger charge is -2.21. The van der Waals surface area contributed by atoms with Gasteiger partial charge in [-0.3, -0.25) is 8.98 Å². The van der Waals surface area contributed by atoms with Crippen molar-refractivity contribution in [3.63, 3.8) is 0 Å². The van der Waals surface area contributed by atoms with Crippen molar-refractivity contribution < 1.29 is 17.4 Å². The molecule has 1 amide bonds. The number of nitrogens with zero attached hydrogens (tertiary/aromatic N) is 1. The van der Waals surface area contributed by atoms with Crippen LogP contribution in [0, 0.1) is 6.92 Å². The largest absolute Gasteiger partial charge is 0.307 e. The number of carbonyl (C=O) groups excluding carboxylic acids is 1. The first-order valence-corrected chi connectivity index (χ1v) is 8.77. The second-order valence-corrected chi connectivity index (χ2v) is 6.77. The van der Waals surface area contributed by atoms with Crippen LogP contribution in [0.1, 0.15) is 5.56 Å². The summed E-state index contributed by atoms with van der Waals surface area (Å²) >= 11 is 0. The molecule has 24 heavy (non-hydrogen) atoms. The Balaban J connectivity index is 2.10. The van der Waals surface area contributed by atoms with E-state index in [4.69, 9.17) is 4.18 Å². The molecule has 0 saturated carbocycles. The van der Waals surface area contributed by atoms with E-state index >= 15 is 0 Å². The molecular weight excluding hydrogens is 326 g/mol. The Morgan fingerprint density at radius 3 is 2.33 bits per heavy atom. The molecule has 126 valence electrons. The third-order valence-electron chi connectivity index (χ3n) is 3.33. The monoisotopic (exact) mass is 345 g/mol. The van der Waals surface area contributed by atoms with Crippen molar-refractivity contribution in [3.8, 4) is 0 Å². The summed E-state index contributed by atoms with van der Waals surface area (Å²) in [6, 6.07) is 15.2. The molecule has 0 aromatic heterocycles. The molecule has 0 aliphatic heterocycles. The van der Waals surface area contributed by atoms with Crippen molar-refractivity contribution in [2.24, 2.45) is 0 Å². The summed E-state index contributed by atoms with van der Waals surface area (Å²) in [5.74, 6) is -0.461. The highest BCUT2D eigenvalue weighted by molar-refractivity contribution is 7.86. The minimum Gasteiger partial charge on any atom is -0.307 e. The number of rotatable bonds is 7. The smallest absolute Gasteiger partial charge is 0.297 e. The third kappa shape index (κ3) is 4.53. The molecule has 2 aromatic carbocycles. The van der Waals surface area contributed by atoms with E-state index in [0.717, 1.165) is 5.56 Å². The highest BCUT2D eigenvalue weighted by Gasteiger charge is 2.20. The topological polar surface area (TPSA) is 63.7 Å². The predicted octanol–water partition coefficient (Wildman–Crippen LogP) is 2.92. The van der Waals surface area contributed by atoms with E-state index in [-0.39, 0.29) is 11.4 Å². The summed E-state index contributed by atoms with van der Waals surface area (Å²) in [4.78, 5) is 13.8. The number of carbonyl (C=O) groups is 1. The van der Waals surface area contributed by atoms with Crippen LogP contribution in [-0.2, 0) is 19.1 Å². The fourth-order valence-electron chi connectivity index (χ4n) is 2.07. The number of hydrogen-bond donors (Lipinski definition) is 0. The second kappa shape index (κ2) is 7.90. The summed E-state index contributed by atoms with van der Waals surface area (Å²) < 4.78 is 29.2. The summed E-state index contributed by atoms with van der Waals surface area (Å²) in [5, 5.41) is 0. The van der Waals surface area contributed by atoms with Crippen LogP contribution in [0.25, 0.3) is 0 Å². The van der Waals surface area contributed by atoms with E-state index in [1.54, 1.807) is 42.5 Å². The van der Waals surface area contributed by atoms with Gasteiger partial charge in [0.2, 0.25) is 0 Å². The number of anilines is 1. The molecule has 0 aliphatic rings. The molecule has 0 N–H and O–H groups in total. The van der Waals surface area contributed by atoms with Gasteiger partial charge in [0.15, 0.2) is 0 Å². The minimum absolute atomic E-state index is 0.0240. The van der Waals surface area contributed by atoms with Crippen LogP contribution in [0.3, 0.4) is 0 Å². The van der Waals surface area contributed by atoms with Crippen molar-refractivity contribution in [1.82, 2.24) is 0 Å². The normalized spacial score (nSPS) is 11.0. The zero-order valence-electron chi connectivity index (χ0n) is 13.4. The summed E-state index contributed by atoms with van der Waals surface area (Å²) in [5.41, 5.74) is 1.59. The van der Waals surface area contributed by atoms with E-state index in [1.807, 2.05) is 13.0 Å². The van der Waals surface area contributed by atoms with Gasteiger partial charge >= 0.3 is 0 Å². The van der Waals surface area contributed by atoms with E-state index in [1.165, 1.54) is 17.0 Å². The number of para-hydroxylation sites is 1. The average molecular weight is 345 g/mol. The Bertz CT molecular complexity index is 799. The first-order chi connectivity index (χ1) is 11.4. The van der Waals surface area contributed by atoms with E-state index in [2.05, 4.69) is 6.58 Å². The van der Waals surface area contributed by atoms with Crippen molar-refractivity contribution in [2.75, 3.05) is 18.1 Å². The molecule has 0 heterocycles. The van der Waals surface area contributed by atoms with Gasteiger partial charge in [-0.1, -0.05) is 42.0 Å². The summed E-state index contributed by atoms with van der Waals surface area (Å²) in [6.07, 6.45) is 1.57. The Hall–Kier alpha value is -2.44. The molecular formula is C18H19NO4S. The second-order valence-electron chi connectivity index (χ2n) is 5.16. The fourth-order valence-corrected chi connectivity index (χ4v) is 2.93. The Kier molecular flexibility index (Phi) is 5.89. The lowest BCUT2D eigenvalue weighted by Crippen LogP contribution is -2.34. The fraction of sp³-hybridized carbons (Fsp3) is 0.167. The first-order valence-electron chi connectivity index (χ1n) is 7.36. The predicted molar refractivity (Wildman–Crippen MR) is 93.3 cm³/mol. The minimum atomic E-state index is -3.98. The number of benzene rings is 2. The molecule has 0 saturated heterocycles. The van der Waals surface area contributed by atoms with Gasteiger partial charge in [0, 0.05) is 12.2 Å². The quantitative estimate of drug-likeness (QED) is 0.572. The van der Waals surface area contributed by atoms with Crippen LogP contribution < -0.4 is 4.90 Å². The van der Waals surface area contributed by atoms with Crippen molar-refractivity contribution in [2.45, 2.75) is 11.8 Å². The van der Waals surface area contributed by atoms with Gasteiger partial charge in [-0.2, -0.15) is 8.42 Å². The highest BCUT2D eigenvalue weighted by Crippen LogP contribution is 2.16. The molecule has 0 unspecified atom stereocenters. The maximum atomic E-state index is 12.4. The zero-order valence-corrected chi connectivity index (χ0v) is 14.2. The Labute approximate surface area is 142 Å². The molecule has 2 aromatic rings. The lowest BCUT2D eigenvalue weighted by molar-refractivity contribution is -0.120. The van der Waals surface area contributed by atoms with Gasteiger partial charge in [-0.25, -0.2) is 0 Å². The molecule has 0 spiro atoms. The van der Waals surface area contributed by atoms with Gasteiger partial charge in [0.25, 0.3) is 16.0 Å². The van der Waals surface area contributed by atoms with Crippen LogP contribution >= 0.6 is 0 Å². The van der Waals surface area contributed by atoms with Crippen molar-refractivity contribution in [1.29, 1.82) is 0 Å². The molecule has 2 rings (SSSR count). The Morgan fingerprint density at radius 1 is 1.12 bits per heavy atom. The van der Waals surface area contributed by atoms with Crippen LogP contribution in [0.2, 0.25) is 0 Å². The van der Waals surface area contributed by atoms with E-state index in [0.29, 0.717) is 5.69 Å². The average Bonchev–Trinajstić information content (AvgIpc) is 2.59. The molecule has 6 heteroatoms. The highest BCUT2D eigenvalue weighted by atomic mass is 32.2. The van der Waals surface area contributed by atoms with Gasteiger partial charge in [-0.15, -0.1) is 6.58 Å². The SMILES string of the molecule is C=CCN(C(=O)COS(=O)(=O)c1ccc(C)cc1)c1ccccc1. The van der Waals surface area contributed by atoms with Crippen LogP contribution in [0.4, 0.5) is 5.69 Å². The number of amides is 1. The Morgan fingerprint density at radius 2 is 1.75 bits per heavy atom. The molecule has 0 radical (unpaired) electrons. The maximum Gasteiger partial charge on any atom is 0.297 e. The molecule has 0 aliphatic carbocycles. The first kappa shape index (κ1) is 17.9. The van der Waals surface area contributed by atoms with Crippen LogP contribution in [0.5, 0.6) is 0 Å². The lowest BCUT2D eigenvalue weighted by atomic mass is 10.2. The molecule has 0 fully saturated rings. The van der Waals surface area contributed by atoms with Crippen molar-refractivity contribution in [3.05, 3.63) is 72.8 Å². The van der Waals surface area contributed by atoms with Crippen molar-refractivity contribution >= 4 is 21.7 Å². The van der Waals surface area contributed by atoms with Gasteiger partial charge in [-0.05, 0) is 31.2 Å². The maximum absolute atomic E-state index is 12.4. The summed E-state index contributed by atoms with van der Waals surface area (Å²) in [6.45, 7) is 5.17. The number of aryl methyl sites for hydroxylation is 1. The molecule has 0 atom stereocenters. The standard InChI is InChI=1S/C18H19NO4S/c1-3-13-19(16-7-5-4-6-8-16)18(20)14-23-24(21,22)17-11-9-15(2)10-12-17/h3-12H,1,13-14H2,2H3. The van der Waals surface area contributed by atoms with Gasteiger partial charge in [0.05, 0.1) is 4.90 Å². The van der Waals surface area contributed by atoms with Gasteiger partial charge in [0.1, 0.15) is 6.61 Å². The summed E-state index contributed by atoms with van der Waals surface area (Å²) in [7, 11) is -3.98. The third-order valence-corrected chi connectivity index (χ3v) is 4.61. The van der Waals surface area contributed by atoms with Crippen LogP contribution in [0.15, 0.2) is 72.1 Å². The molecule has 5 nitrogen and oxygen atoms in total. The number of hydrogen-bond acceptors (Lipinski definition) is 4. The van der Waals surface area contributed by atoms with E-state index < -0.39 is 22.6 Å². The van der Waals surface area contributed by atoms with E-state index in [9.17, 15) is 13.2 Å².